The van der Waals surface area contributed by atoms with Crippen LogP contribution >= 0.6 is 0 Å². The van der Waals surface area contributed by atoms with Crippen LogP contribution in [-0.4, -0.2) is 5.91 Å². The topological polar surface area (TPSA) is 29.1 Å². The fourth-order valence-electron chi connectivity index (χ4n) is 3.18. The van der Waals surface area contributed by atoms with E-state index >= 15 is 0 Å². The van der Waals surface area contributed by atoms with Gasteiger partial charge < -0.3 is 5.32 Å². The minimum Gasteiger partial charge on any atom is -0.349 e. The van der Waals surface area contributed by atoms with Crippen molar-refractivity contribution in [2.75, 3.05) is 0 Å². The number of carbonyl (C=O) groups is 1. The standard InChI is InChI=1S/C20H23NO/c1-13-9-10-14(2)17(11-13)15(3)21-20(22)19-12-18(19)16-7-5-4-6-8-16/h4-11,15,18-19H,12H2,1-3H3,(H,21,22)/t15-,18-,19-/m0/s1. The molecule has 2 heteroatoms. The molecule has 1 amide bonds. The number of hydrogen-bond acceptors (Lipinski definition) is 1. The third-order valence-electron chi connectivity index (χ3n) is 4.61. The molecule has 0 aromatic heterocycles. The van der Waals surface area contributed by atoms with Crippen molar-refractivity contribution < 1.29 is 4.79 Å². The lowest BCUT2D eigenvalue weighted by atomic mass is 10.00. The van der Waals surface area contributed by atoms with Gasteiger partial charge in [0.05, 0.1) is 6.04 Å². The highest BCUT2D eigenvalue weighted by molar-refractivity contribution is 5.83. The summed E-state index contributed by atoms with van der Waals surface area (Å²) in [6.45, 7) is 6.25. The van der Waals surface area contributed by atoms with Crippen molar-refractivity contribution in [3.05, 3.63) is 70.8 Å². The molecule has 1 fully saturated rings. The lowest BCUT2D eigenvalue weighted by Crippen LogP contribution is -2.28. The van der Waals surface area contributed by atoms with Crippen LogP contribution in [0.5, 0.6) is 0 Å². The molecule has 1 saturated carbocycles. The van der Waals surface area contributed by atoms with Gasteiger partial charge in [0.2, 0.25) is 5.91 Å². The molecule has 1 N–H and O–H groups in total. The summed E-state index contributed by atoms with van der Waals surface area (Å²) in [5.41, 5.74) is 4.95. The van der Waals surface area contributed by atoms with E-state index in [2.05, 4.69) is 56.4 Å². The molecule has 0 bridgehead atoms. The molecular formula is C20H23NO. The number of rotatable bonds is 4. The highest BCUT2D eigenvalue weighted by Crippen LogP contribution is 2.47. The molecule has 1 aliphatic rings. The number of amides is 1. The first-order chi connectivity index (χ1) is 10.6. The van der Waals surface area contributed by atoms with Gasteiger partial charge in [-0.05, 0) is 49.8 Å². The Balaban J connectivity index is 1.64. The summed E-state index contributed by atoms with van der Waals surface area (Å²) in [6, 6.07) is 16.8. The van der Waals surface area contributed by atoms with E-state index in [9.17, 15) is 4.79 Å². The Hall–Kier alpha value is -2.09. The Labute approximate surface area is 132 Å². The number of aryl methyl sites for hydroxylation is 2. The highest BCUT2D eigenvalue weighted by Gasteiger charge is 2.44. The molecule has 0 aliphatic heterocycles. The summed E-state index contributed by atoms with van der Waals surface area (Å²) in [5.74, 6) is 0.712. The summed E-state index contributed by atoms with van der Waals surface area (Å²) < 4.78 is 0. The Morgan fingerprint density at radius 1 is 1.14 bits per heavy atom. The van der Waals surface area contributed by atoms with Gasteiger partial charge >= 0.3 is 0 Å². The van der Waals surface area contributed by atoms with Gasteiger partial charge in [0.25, 0.3) is 0 Å². The number of carbonyl (C=O) groups excluding carboxylic acids is 1. The molecule has 3 atom stereocenters. The molecule has 0 unspecified atom stereocenters. The third-order valence-corrected chi connectivity index (χ3v) is 4.61. The van der Waals surface area contributed by atoms with Crippen molar-refractivity contribution in [1.82, 2.24) is 5.32 Å². The van der Waals surface area contributed by atoms with Crippen molar-refractivity contribution >= 4 is 5.91 Å². The Kier molecular flexibility index (Phi) is 4.02. The molecule has 22 heavy (non-hydrogen) atoms. The zero-order chi connectivity index (χ0) is 15.7. The number of hydrogen-bond donors (Lipinski definition) is 1. The first-order valence-corrected chi connectivity index (χ1v) is 7.98. The largest absolute Gasteiger partial charge is 0.349 e. The van der Waals surface area contributed by atoms with Crippen molar-refractivity contribution in [3.8, 4) is 0 Å². The summed E-state index contributed by atoms with van der Waals surface area (Å²) in [5, 5.41) is 3.19. The predicted molar refractivity (Wildman–Crippen MR) is 89.8 cm³/mol. The minimum atomic E-state index is 0.0597. The predicted octanol–water partition coefficient (Wildman–Crippen LogP) is 4.28. The van der Waals surface area contributed by atoms with E-state index in [1.165, 1.54) is 22.3 Å². The van der Waals surface area contributed by atoms with E-state index < -0.39 is 0 Å². The fraction of sp³-hybridized carbons (Fsp3) is 0.350. The molecule has 0 spiro atoms. The van der Waals surface area contributed by atoms with Crippen LogP contribution < -0.4 is 5.32 Å². The summed E-state index contributed by atoms with van der Waals surface area (Å²) in [7, 11) is 0. The van der Waals surface area contributed by atoms with Gasteiger partial charge in [0.1, 0.15) is 0 Å². The van der Waals surface area contributed by atoms with Crippen LogP contribution in [-0.2, 0) is 4.79 Å². The molecule has 3 rings (SSSR count). The molecule has 0 saturated heterocycles. The second-order valence-corrected chi connectivity index (χ2v) is 6.45. The van der Waals surface area contributed by atoms with Gasteiger partial charge in [-0.15, -0.1) is 0 Å². The van der Waals surface area contributed by atoms with E-state index in [1.807, 2.05) is 18.2 Å². The molecule has 0 radical (unpaired) electrons. The van der Waals surface area contributed by atoms with E-state index in [0.717, 1.165) is 6.42 Å². The second kappa shape index (κ2) is 5.96. The molecule has 2 aromatic rings. The van der Waals surface area contributed by atoms with Crippen molar-refractivity contribution in [2.24, 2.45) is 5.92 Å². The highest BCUT2D eigenvalue weighted by atomic mass is 16.2. The zero-order valence-electron chi connectivity index (χ0n) is 13.5. The third kappa shape index (κ3) is 3.06. The second-order valence-electron chi connectivity index (χ2n) is 6.45. The maximum atomic E-state index is 12.5. The van der Waals surface area contributed by atoms with Crippen LogP contribution in [0, 0.1) is 19.8 Å². The van der Waals surface area contributed by atoms with E-state index in [0.29, 0.717) is 5.92 Å². The van der Waals surface area contributed by atoms with Crippen LogP contribution in [0.2, 0.25) is 0 Å². The first-order valence-electron chi connectivity index (χ1n) is 7.98. The van der Waals surface area contributed by atoms with Gasteiger partial charge in [0.15, 0.2) is 0 Å². The van der Waals surface area contributed by atoms with Crippen molar-refractivity contribution in [3.63, 3.8) is 0 Å². The van der Waals surface area contributed by atoms with Gasteiger partial charge in [-0.25, -0.2) is 0 Å². The summed E-state index contributed by atoms with van der Waals surface area (Å²) >= 11 is 0. The first kappa shape index (κ1) is 14.8. The molecule has 2 nitrogen and oxygen atoms in total. The molecule has 114 valence electrons. The van der Waals surface area contributed by atoms with Crippen molar-refractivity contribution in [1.29, 1.82) is 0 Å². The lowest BCUT2D eigenvalue weighted by Gasteiger charge is -2.17. The van der Waals surface area contributed by atoms with Crippen LogP contribution in [0.25, 0.3) is 0 Å². The van der Waals surface area contributed by atoms with Crippen LogP contribution in [0.3, 0.4) is 0 Å². The quantitative estimate of drug-likeness (QED) is 0.895. The summed E-state index contributed by atoms with van der Waals surface area (Å²) in [6.07, 6.45) is 0.968. The van der Waals surface area contributed by atoms with Crippen LogP contribution in [0.4, 0.5) is 0 Å². The Morgan fingerprint density at radius 3 is 2.59 bits per heavy atom. The lowest BCUT2D eigenvalue weighted by molar-refractivity contribution is -0.123. The van der Waals surface area contributed by atoms with E-state index in [4.69, 9.17) is 0 Å². The molecule has 2 aromatic carbocycles. The maximum Gasteiger partial charge on any atom is 0.224 e. The Morgan fingerprint density at radius 2 is 1.86 bits per heavy atom. The molecule has 1 aliphatic carbocycles. The van der Waals surface area contributed by atoms with Crippen molar-refractivity contribution in [2.45, 2.75) is 39.2 Å². The Bertz CT molecular complexity index is 677. The smallest absolute Gasteiger partial charge is 0.224 e. The van der Waals surface area contributed by atoms with E-state index in [-0.39, 0.29) is 17.9 Å². The fourth-order valence-corrected chi connectivity index (χ4v) is 3.18. The minimum absolute atomic E-state index is 0.0597. The summed E-state index contributed by atoms with van der Waals surface area (Å²) in [4.78, 5) is 12.5. The normalized spacial score (nSPS) is 21.2. The van der Waals surface area contributed by atoms with Crippen LogP contribution in [0.1, 0.15) is 47.6 Å². The van der Waals surface area contributed by atoms with E-state index in [1.54, 1.807) is 0 Å². The SMILES string of the molecule is Cc1ccc(C)c([C@H](C)NC(=O)[C@H]2C[C@H]2c2ccccc2)c1. The monoisotopic (exact) mass is 293 g/mol. The van der Waals surface area contributed by atoms with Gasteiger partial charge in [-0.1, -0.05) is 54.1 Å². The maximum absolute atomic E-state index is 12.5. The number of nitrogens with one attached hydrogen (secondary N) is 1. The number of benzene rings is 2. The van der Waals surface area contributed by atoms with Gasteiger partial charge in [0, 0.05) is 5.92 Å². The van der Waals surface area contributed by atoms with Gasteiger partial charge in [-0.2, -0.15) is 0 Å². The molecular weight excluding hydrogens is 270 g/mol. The molecule has 0 heterocycles. The zero-order valence-corrected chi connectivity index (χ0v) is 13.5. The van der Waals surface area contributed by atoms with Gasteiger partial charge in [-0.3, -0.25) is 4.79 Å². The van der Waals surface area contributed by atoms with Crippen LogP contribution in [0.15, 0.2) is 48.5 Å². The average molecular weight is 293 g/mol. The average Bonchev–Trinajstić information content (AvgIpc) is 3.31.